The zero-order chi connectivity index (χ0) is 19.1. The van der Waals surface area contributed by atoms with E-state index < -0.39 is 0 Å². The molecule has 0 atom stereocenters. The van der Waals surface area contributed by atoms with Gasteiger partial charge in [-0.3, -0.25) is 5.41 Å². The molecule has 6 nitrogen and oxygen atoms in total. The summed E-state index contributed by atoms with van der Waals surface area (Å²) in [6, 6.07) is 21.2. The van der Waals surface area contributed by atoms with E-state index >= 15 is 0 Å². The molecule has 27 heavy (non-hydrogen) atoms. The molecule has 0 aliphatic heterocycles. The Morgan fingerprint density at radius 1 is 0.889 bits per heavy atom. The number of hydrogen-bond acceptors (Lipinski definition) is 4. The number of benzene rings is 2. The minimum atomic E-state index is 0.140. The van der Waals surface area contributed by atoms with Crippen molar-refractivity contribution < 1.29 is 9.47 Å². The summed E-state index contributed by atoms with van der Waals surface area (Å²) in [6.07, 6.45) is 0. The standard InChI is InChI=1S/C21H22N4O2/c1-26-18-11-7-12-19(27-2)16(18)14-23-21(22)25-20-13-6-10-17(24-20)15-8-4-3-5-9-15/h3-13H,14H2,1-2H3,(H3,22,23,24,25). The number of ether oxygens (including phenoxy) is 2. The number of hydrogen-bond donors (Lipinski definition) is 3. The second-order valence-electron chi connectivity index (χ2n) is 5.77. The van der Waals surface area contributed by atoms with Crippen LogP contribution in [0.15, 0.2) is 66.7 Å². The third kappa shape index (κ3) is 4.55. The zero-order valence-corrected chi connectivity index (χ0v) is 15.3. The average molecular weight is 362 g/mol. The van der Waals surface area contributed by atoms with Crippen LogP contribution in [-0.4, -0.2) is 25.2 Å². The molecule has 0 aliphatic rings. The first-order valence-electron chi connectivity index (χ1n) is 8.53. The number of rotatable bonds is 6. The Morgan fingerprint density at radius 2 is 1.56 bits per heavy atom. The number of guanidine groups is 1. The maximum Gasteiger partial charge on any atom is 0.194 e. The van der Waals surface area contributed by atoms with Crippen molar-refractivity contribution in [1.82, 2.24) is 10.3 Å². The second-order valence-corrected chi connectivity index (χ2v) is 5.77. The van der Waals surface area contributed by atoms with E-state index in [2.05, 4.69) is 15.6 Å². The highest BCUT2D eigenvalue weighted by Crippen LogP contribution is 2.27. The molecule has 0 bridgehead atoms. The van der Waals surface area contributed by atoms with E-state index in [9.17, 15) is 0 Å². The van der Waals surface area contributed by atoms with Gasteiger partial charge in [-0.05, 0) is 24.3 Å². The number of nitrogens with one attached hydrogen (secondary N) is 3. The quantitative estimate of drug-likeness (QED) is 0.458. The van der Waals surface area contributed by atoms with Gasteiger partial charge >= 0.3 is 0 Å². The molecule has 0 radical (unpaired) electrons. The molecule has 0 amide bonds. The molecule has 0 fully saturated rings. The van der Waals surface area contributed by atoms with E-state index in [0.29, 0.717) is 23.9 Å². The van der Waals surface area contributed by atoms with Crippen LogP contribution < -0.4 is 20.1 Å². The molecule has 1 aromatic heterocycles. The van der Waals surface area contributed by atoms with Gasteiger partial charge < -0.3 is 20.1 Å². The first kappa shape index (κ1) is 18.3. The molecule has 0 saturated carbocycles. The number of anilines is 1. The van der Waals surface area contributed by atoms with E-state index in [4.69, 9.17) is 14.9 Å². The van der Waals surface area contributed by atoms with Crippen LogP contribution in [0.2, 0.25) is 0 Å². The smallest absolute Gasteiger partial charge is 0.194 e. The molecule has 3 aromatic rings. The number of pyridine rings is 1. The van der Waals surface area contributed by atoms with Crippen molar-refractivity contribution in [2.75, 3.05) is 19.5 Å². The molecule has 138 valence electrons. The maximum absolute atomic E-state index is 8.16. The third-order valence-electron chi connectivity index (χ3n) is 4.04. The SMILES string of the molecule is COc1cccc(OC)c1CNC(=N)Nc1cccc(-c2ccccc2)n1. The van der Waals surface area contributed by atoms with Crippen molar-refractivity contribution in [3.8, 4) is 22.8 Å². The van der Waals surface area contributed by atoms with Crippen molar-refractivity contribution in [3.05, 3.63) is 72.3 Å². The Hall–Kier alpha value is -3.54. The molecular weight excluding hydrogens is 340 g/mol. The molecule has 1 heterocycles. The minimum Gasteiger partial charge on any atom is -0.496 e. The van der Waals surface area contributed by atoms with E-state index in [1.165, 1.54) is 0 Å². The van der Waals surface area contributed by atoms with Crippen LogP contribution in [-0.2, 0) is 6.54 Å². The summed E-state index contributed by atoms with van der Waals surface area (Å²) in [5, 5.41) is 14.2. The Morgan fingerprint density at radius 3 is 2.22 bits per heavy atom. The van der Waals surface area contributed by atoms with Gasteiger partial charge in [-0.2, -0.15) is 0 Å². The average Bonchev–Trinajstić information content (AvgIpc) is 2.72. The summed E-state index contributed by atoms with van der Waals surface area (Å²) in [5.74, 6) is 2.15. The zero-order valence-electron chi connectivity index (χ0n) is 15.3. The molecule has 0 unspecified atom stereocenters. The fraction of sp³-hybridized carbons (Fsp3) is 0.143. The molecule has 2 aromatic carbocycles. The second kappa shape index (κ2) is 8.71. The Kier molecular flexibility index (Phi) is 5.89. The number of methoxy groups -OCH3 is 2. The third-order valence-corrected chi connectivity index (χ3v) is 4.04. The van der Waals surface area contributed by atoms with Crippen molar-refractivity contribution in [2.45, 2.75) is 6.54 Å². The predicted octanol–water partition coefficient (Wildman–Crippen LogP) is 3.90. The van der Waals surface area contributed by atoms with Crippen molar-refractivity contribution >= 4 is 11.8 Å². The van der Waals surface area contributed by atoms with Gasteiger partial charge in [0, 0.05) is 5.56 Å². The van der Waals surface area contributed by atoms with Crippen LogP contribution in [0.25, 0.3) is 11.3 Å². The molecule has 6 heteroatoms. The molecule has 0 aliphatic carbocycles. The normalized spacial score (nSPS) is 10.1. The largest absolute Gasteiger partial charge is 0.496 e. The topological polar surface area (TPSA) is 79.3 Å². The van der Waals surface area contributed by atoms with Crippen molar-refractivity contribution in [1.29, 1.82) is 5.41 Å². The molecular formula is C21H22N4O2. The molecule has 3 N–H and O–H groups in total. The number of aromatic nitrogens is 1. The van der Waals surface area contributed by atoms with Crippen LogP contribution >= 0.6 is 0 Å². The summed E-state index contributed by atoms with van der Waals surface area (Å²) in [6.45, 7) is 0.386. The summed E-state index contributed by atoms with van der Waals surface area (Å²) in [5.41, 5.74) is 2.72. The van der Waals surface area contributed by atoms with Gasteiger partial charge in [0.05, 0.1) is 32.0 Å². The van der Waals surface area contributed by atoms with Gasteiger partial charge in [-0.25, -0.2) is 4.98 Å². The number of nitrogens with zero attached hydrogens (tertiary/aromatic N) is 1. The van der Waals surface area contributed by atoms with Gasteiger partial charge in [0.15, 0.2) is 5.96 Å². The highest BCUT2D eigenvalue weighted by atomic mass is 16.5. The summed E-state index contributed by atoms with van der Waals surface area (Å²) in [7, 11) is 3.22. The van der Waals surface area contributed by atoms with Gasteiger partial charge in [-0.15, -0.1) is 0 Å². The van der Waals surface area contributed by atoms with Crippen LogP contribution in [0.5, 0.6) is 11.5 Å². The Balaban J connectivity index is 1.67. The first-order chi connectivity index (χ1) is 13.2. The van der Waals surface area contributed by atoms with Gasteiger partial charge in [0.1, 0.15) is 17.3 Å². The summed E-state index contributed by atoms with van der Waals surface area (Å²) in [4.78, 5) is 4.56. The Bertz CT molecular complexity index is 891. The predicted molar refractivity (Wildman–Crippen MR) is 107 cm³/mol. The van der Waals surface area contributed by atoms with Crippen molar-refractivity contribution in [3.63, 3.8) is 0 Å². The van der Waals surface area contributed by atoms with E-state index in [0.717, 1.165) is 16.8 Å². The van der Waals surface area contributed by atoms with Crippen LogP contribution in [0.4, 0.5) is 5.82 Å². The first-order valence-corrected chi connectivity index (χ1v) is 8.53. The highest BCUT2D eigenvalue weighted by Gasteiger charge is 2.10. The Labute approximate surface area is 158 Å². The lowest BCUT2D eigenvalue weighted by Crippen LogP contribution is -2.29. The maximum atomic E-state index is 8.16. The van der Waals surface area contributed by atoms with E-state index in [1.54, 1.807) is 14.2 Å². The lowest BCUT2D eigenvalue weighted by Gasteiger charge is -2.15. The minimum absolute atomic E-state index is 0.140. The van der Waals surface area contributed by atoms with Gasteiger partial charge in [0.2, 0.25) is 0 Å². The fourth-order valence-electron chi connectivity index (χ4n) is 2.73. The van der Waals surface area contributed by atoms with Crippen LogP contribution in [0.1, 0.15) is 5.56 Å². The molecule has 0 spiro atoms. The van der Waals surface area contributed by atoms with Crippen LogP contribution in [0, 0.1) is 5.41 Å². The van der Waals surface area contributed by atoms with E-state index in [-0.39, 0.29) is 5.96 Å². The summed E-state index contributed by atoms with van der Waals surface area (Å²) < 4.78 is 10.8. The molecule has 0 saturated heterocycles. The van der Waals surface area contributed by atoms with E-state index in [1.807, 2.05) is 66.7 Å². The lowest BCUT2D eigenvalue weighted by atomic mass is 10.1. The lowest BCUT2D eigenvalue weighted by molar-refractivity contribution is 0.384. The van der Waals surface area contributed by atoms with Gasteiger partial charge in [0.25, 0.3) is 0 Å². The van der Waals surface area contributed by atoms with Gasteiger partial charge in [-0.1, -0.05) is 42.5 Å². The highest BCUT2D eigenvalue weighted by molar-refractivity contribution is 5.90. The molecule has 3 rings (SSSR count). The van der Waals surface area contributed by atoms with Crippen molar-refractivity contribution in [2.24, 2.45) is 0 Å². The summed E-state index contributed by atoms with van der Waals surface area (Å²) >= 11 is 0. The monoisotopic (exact) mass is 362 g/mol. The fourth-order valence-corrected chi connectivity index (χ4v) is 2.73. The van der Waals surface area contributed by atoms with Crippen LogP contribution in [0.3, 0.4) is 0 Å².